The zero-order chi connectivity index (χ0) is 12.8. The minimum absolute atomic E-state index is 0.153. The summed E-state index contributed by atoms with van der Waals surface area (Å²) in [5.74, 6) is -1.07. The summed E-state index contributed by atoms with van der Waals surface area (Å²) in [6.45, 7) is 4.41. The predicted molar refractivity (Wildman–Crippen MR) is 63.8 cm³/mol. The smallest absolute Gasteiger partial charge is 0.272 e. The van der Waals surface area contributed by atoms with E-state index >= 15 is 0 Å². The Morgan fingerprint density at radius 1 is 1.50 bits per heavy atom. The fourth-order valence-corrected chi connectivity index (χ4v) is 1.79. The molecule has 2 rings (SSSR count). The molecule has 1 N–H and O–H groups in total. The summed E-state index contributed by atoms with van der Waals surface area (Å²) in [7, 11) is 0. The summed E-state index contributed by atoms with van der Waals surface area (Å²) < 4.78 is 18.5. The van der Waals surface area contributed by atoms with Gasteiger partial charge in [0, 0.05) is 32.4 Å². The lowest BCUT2D eigenvalue weighted by molar-refractivity contribution is 0.0383. The maximum absolute atomic E-state index is 13.3. The SMILES string of the molecule is O=C(NCCN1CCOCC1)c1ncccc1F. The van der Waals surface area contributed by atoms with Crippen LogP contribution in [0.25, 0.3) is 0 Å². The van der Waals surface area contributed by atoms with Crippen LogP contribution in [-0.4, -0.2) is 55.2 Å². The largest absolute Gasteiger partial charge is 0.379 e. The first-order valence-corrected chi connectivity index (χ1v) is 5.96. The van der Waals surface area contributed by atoms with Crippen LogP contribution in [0.3, 0.4) is 0 Å². The number of nitrogens with one attached hydrogen (secondary N) is 1. The van der Waals surface area contributed by atoms with Crippen molar-refractivity contribution in [3.63, 3.8) is 0 Å². The highest BCUT2D eigenvalue weighted by atomic mass is 19.1. The van der Waals surface area contributed by atoms with Gasteiger partial charge >= 0.3 is 0 Å². The van der Waals surface area contributed by atoms with Crippen molar-refractivity contribution in [2.75, 3.05) is 39.4 Å². The lowest BCUT2D eigenvalue weighted by atomic mass is 10.3. The molecule has 1 aliphatic heterocycles. The van der Waals surface area contributed by atoms with Gasteiger partial charge in [-0.2, -0.15) is 0 Å². The third-order valence-corrected chi connectivity index (χ3v) is 2.79. The third-order valence-electron chi connectivity index (χ3n) is 2.79. The van der Waals surface area contributed by atoms with Gasteiger partial charge in [0.1, 0.15) is 0 Å². The van der Waals surface area contributed by atoms with Crippen LogP contribution in [0.4, 0.5) is 4.39 Å². The van der Waals surface area contributed by atoms with Crippen molar-refractivity contribution in [1.29, 1.82) is 0 Å². The van der Waals surface area contributed by atoms with Gasteiger partial charge in [0.2, 0.25) is 0 Å². The quantitative estimate of drug-likeness (QED) is 0.837. The standard InChI is InChI=1S/C12H16FN3O2/c13-10-2-1-3-14-11(10)12(17)15-4-5-16-6-8-18-9-7-16/h1-3H,4-9H2,(H,15,17). The van der Waals surface area contributed by atoms with Crippen LogP contribution in [0.5, 0.6) is 0 Å². The first-order valence-electron chi connectivity index (χ1n) is 5.96. The van der Waals surface area contributed by atoms with Gasteiger partial charge < -0.3 is 10.1 Å². The first kappa shape index (κ1) is 12.9. The van der Waals surface area contributed by atoms with Crippen molar-refractivity contribution in [2.45, 2.75) is 0 Å². The van der Waals surface area contributed by atoms with Crippen LogP contribution in [0.2, 0.25) is 0 Å². The second-order valence-corrected chi connectivity index (χ2v) is 4.04. The number of aromatic nitrogens is 1. The Kier molecular flexibility index (Phi) is 4.60. The summed E-state index contributed by atoms with van der Waals surface area (Å²) in [4.78, 5) is 17.6. The molecular formula is C12H16FN3O2. The van der Waals surface area contributed by atoms with Gasteiger partial charge in [0.05, 0.1) is 13.2 Å². The number of rotatable bonds is 4. The van der Waals surface area contributed by atoms with Crippen LogP contribution in [-0.2, 0) is 4.74 Å². The average molecular weight is 253 g/mol. The van der Waals surface area contributed by atoms with E-state index in [1.165, 1.54) is 18.3 Å². The molecule has 0 aliphatic carbocycles. The molecule has 0 bridgehead atoms. The average Bonchev–Trinajstić information content (AvgIpc) is 2.40. The maximum atomic E-state index is 13.3. The summed E-state index contributed by atoms with van der Waals surface area (Å²) >= 11 is 0. The summed E-state index contributed by atoms with van der Waals surface area (Å²) in [5, 5.41) is 2.66. The molecular weight excluding hydrogens is 237 g/mol. The van der Waals surface area contributed by atoms with Crippen LogP contribution < -0.4 is 5.32 Å². The fraction of sp³-hybridized carbons (Fsp3) is 0.500. The predicted octanol–water partition coefficient (Wildman–Crippen LogP) is 0.283. The molecule has 0 unspecified atom stereocenters. The van der Waals surface area contributed by atoms with E-state index in [9.17, 15) is 9.18 Å². The van der Waals surface area contributed by atoms with E-state index in [0.717, 1.165) is 32.8 Å². The molecule has 0 atom stereocenters. The number of hydrogen-bond acceptors (Lipinski definition) is 4. The molecule has 1 amide bonds. The minimum atomic E-state index is -0.596. The van der Waals surface area contributed by atoms with E-state index < -0.39 is 11.7 Å². The van der Waals surface area contributed by atoms with E-state index in [2.05, 4.69) is 15.2 Å². The molecule has 0 saturated carbocycles. The molecule has 98 valence electrons. The second kappa shape index (κ2) is 6.42. The zero-order valence-corrected chi connectivity index (χ0v) is 10.1. The normalized spacial score (nSPS) is 16.5. The van der Waals surface area contributed by atoms with Crippen molar-refractivity contribution in [1.82, 2.24) is 15.2 Å². The molecule has 0 aromatic carbocycles. The van der Waals surface area contributed by atoms with Crippen LogP contribution in [0, 0.1) is 5.82 Å². The number of hydrogen-bond donors (Lipinski definition) is 1. The summed E-state index contributed by atoms with van der Waals surface area (Å²) in [6, 6.07) is 2.68. The second-order valence-electron chi connectivity index (χ2n) is 4.04. The van der Waals surface area contributed by atoms with Gasteiger partial charge in [-0.1, -0.05) is 0 Å². The van der Waals surface area contributed by atoms with Crippen molar-refractivity contribution in [2.24, 2.45) is 0 Å². The molecule has 1 aromatic heterocycles. The van der Waals surface area contributed by atoms with Crippen LogP contribution in [0.15, 0.2) is 18.3 Å². The van der Waals surface area contributed by atoms with Crippen molar-refractivity contribution in [3.8, 4) is 0 Å². The van der Waals surface area contributed by atoms with Gasteiger partial charge in [-0.15, -0.1) is 0 Å². The minimum Gasteiger partial charge on any atom is -0.379 e. The lowest BCUT2D eigenvalue weighted by Crippen LogP contribution is -2.41. The molecule has 1 aromatic rings. The molecule has 1 fully saturated rings. The topological polar surface area (TPSA) is 54.5 Å². The third kappa shape index (κ3) is 3.48. The van der Waals surface area contributed by atoms with Gasteiger partial charge in [-0.25, -0.2) is 9.37 Å². The highest BCUT2D eigenvalue weighted by Crippen LogP contribution is 2.02. The summed E-state index contributed by atoms with van der Waals surface area (Å²) in [6.07, 6.45) is 1.40. The van der Waals surface area contributed by atoms with E-state index in [1.807, 2.05) is 0 Å². The van der Waals surface area contributed by atoms with E-state index in [0.29, 0.717) is 6.54 Å². The number of ether oxygens (including phenoxy) is 1. The molecule has 18 heavy (non-hydrogen) atoms. The Morgan fingerprint density at radius 3 is 3.00 bits per heavy atom. The summed E-state index contributed by atoms with van der Waals surface area (Å²) in [5.41, 5.74) is -0.153. The van der Waals surface area contributed by atoms with Crippen LogP contribution in [0.1, 0.15) is 10.5 Å². The molecule has 1 saturated heterocycles. The molecule has 5 nitrogen and oxygen atoms in total. The Bertz CT molecular complexity index is 408. The van der Waals surface area contributed by atoms with E-state index in [4.69, 9.17) is 4.74 Å². The fourth-order valence-electron chi connectivity index (χ4n) is 1.79. The Balaban J connectivity index is 1.76. The van der Waals surface area contributed by atoms with Crippen LogP contribution >= 0.6 is 0 Å². The van der Waals surface area contributed by atoms with Gasteiger partial charge in [-0.05, 0) is 12.1 Å². The van der Waals surface area contributed by atoms with E-state index in [1.54, 1.807) is 0 Å². The number of halogens is 1. The Morgan fingerprint density at radius 2 is 2.28 bits per heavy atom. The van der Waals surface area contributed by atoms with Crippen molar-refractivity contribution < 1.29 is 13.9 Å². The number of carbonyl (C=O) groups excluding carboxylic acids is 1. The first-order chi connectivity index (χ1) is 8.77. The van der Waals surface area contributed by atoms with Gasteiger partial charge in [-0.3, -0.25) is 9.69 Å². The number of carbonyl (C=O) groups is 1. The molecule has 0 radical (unpaired) electrons. The maximum Gasteiger partial charge on any atom is 0.272 e. The van der Waals surface area contributed by atoms with E-state index in [-0.39, 0.29) is 5.69 Å². The number of morpholine rings is 1. The highest BCUT2D eigenvalue weighted by molar-refractivity contribution is 5.92. The van der Waals surface area contributed by atoms with Crippen molar-refractivity contribution in [3.05, 3.63) is 29.8 Å². The monoisotopic (exact) mass is 253 g/mol. The molecule has 1 aliphatic rings. The Hall–Kier alpha value is -1.53. The Labute approximate surface area is 105 Å². The zero-order valence-electron chi connectivity index (χ0n) is 10.1. The molecule has 6 heteroatoms. The van der Waals surface area contributed by atoms with Gasteiger partial charge in [0.25, 0.3) is 5.91 Å². The molecule has 2 heterocycles. The highest BCUT2D eigenvalue weighted by Gasteiger charge is 2.13. The molecule has 0 spiro atoms. The number of pyridine rings is 1. The number of amides is 1. The number of nitrogens with zero attached hydrogens (tertiary/aromatic N) is 2. The lowest BCUT2D eigenvalue weighted by Gasteiger charge is -2.26. The van der Waals surface area contributed by atoms with Crippen molar-refractivity contribution >= 4 is 5.91 Å². The van der Waals surface area contributed by atoms with Gasteiger partial charge in [0.15, 0.2) is 11.5 Å².